The van der Waals surface area contributed by atoms with Crippen molar-refractivity contribution in [1.29, 1.82) is 0 Å². The molecule has 1 saturated carbocycles. The SMILES string of the molecule is O=C(CNC(=O)C1CCCC1)NC[C@H]1CCN(c2ccc(F)c(F)c2)C1. The van der Waals surface area contributed by atoms with Crippen molar-refractivity contribution in [2.75, 3.05) is 31.1 Å². The van der Waals surface area contributed by atoms with E-state index in [9.17, 15) is 18.4 Å². The van der Waals surface area contributed by atoms with Gasteiger partial charge < -0.3 is 15.5 Å². The van der Waals surface area contributed by atoms with E-state index in [-0.39, 0.29) is 30.2 Å². The molecular formula is C19H25F2N3O2. The molecule has 1 aliphatic carbocycles. The standard InChI is InChI=1S/C19H25F2N3O2/c20-16-6-5-15(9-17(16)21)24-8-7-13(12-24)10-22-18(25)11-23-19(26)14-3-1-2-4-14/h5-6,9,13-14H,1-4,7-8,10-12H2,(H,22,25)(H,23,26)/t13-/m1/s1. The van der Waals surface area contributed by atoms with Crippen molar-refractivity contribution in [3.8, 4) is 0 Å². The highest BCUT2D eigenvalue weighted by Gasteiger charge is 2.25. The zero-order valence-corrected chi connectivity index (χ0v) is 14.8. The molecule has 1 heterocycles. The molecule has 2 N–H and O–H groups in total. The van der Waals surface area contributed by atoms with Crippen LogP contribution in [0, 0.1) is 23.5 Å². The number of amides is 2. The fraction of sp³-hybridized carbons (Fsp3) is 0.579. The fourth-order valence-electron chi connectivity index (χ4n) is 3.74. The van der Waals surface area contributed by atoms with Crippen molar-refractivity contribution >= 4 is 17.5 Å². The van der Waals surface area contributed by atoms with Crippen LogP contribution in [0.4, 0.5) is 14.5 Å². The van der Waals surface area contributed by atoms with Gasteiger partial charge in [-0.05, 0) is 37.3 Å². The molecule has 7 heteroatoms. The summed E-state index contributed by atoms with van der Waals surface area (Å²) in [5.74, 6) is -1.61. The van der Waals surface area contributed by atoms with Crippen LogP contribution in [0.5, 0.6) is 0 Å². The first kappa shape index (κ1) is 18.6. The molecule has 0 radical (unpaired) electrons. The van der Waals surface area contributed by atoms with E-state index in [1.807, 2.05) is 4.90 Å². The predicted molar refractivity (Wildman–Crippen MR) is 94.7 cm³/mol. The third-order valence-corrected chi connectivity index (χ3v) is 5.29. The van der Waals surface area contributed by atoms with E-state index in [1.165, 1.54) is 6.07 Å². The average Bonchev–Trinajstić information content (AvgIpc) is 3.32. The van der Waals surface area contributed by atoms with Gasteiger partial charge in [0.15, 0.2) is 11.6 Å². The highest BCUT2D eigenvalue weighted by atomic mass is 19.2. The molecule has 2 amide bonds. The molecule has 0 spiro atoms. The van der Waals surface area contributed by atoms with Crippen molar-refractivity contribution in [2.24, 2.45) is 11.8 Å². The summed E-state index contributed by atoms with van der Waals surface area (Å²) in [4.78, 5) is 25.8. The highest BCUT2D eigenvalue weighted by Crippen LogP contribution is 2.25. The van der Waals surface area contributed by atoms with Crippen LogP contribution in [0.1, 0.15) is 32.1 Å². The summed E-state index contributed by atoms with van der Waals surface area (Å²) in [6, 6.07) is 3.90. The summed E-state index contributed by atoms with van der Waals surface area (Å²) in [7, 11) is 0. The number of halogens is 2. The minimum Gasteiger partial charge on any atom is -0.371 e. The van der Waals surface area contributed by atoms with E-state index in [0.717, 1.165) is 44.7 Å². The van der Waals surface area contributed by atoms with E-state index in [0.29, 0.717) is 18.8 Å². The Labute approximate surface area is 152 Å². The molecule has 5 nitrogen and oxygen atoms in total. The Morgan fingerprint density at radius 1 is 1.08 bits per heavy atom. The Balaban J connectivity index is 1.37. The zero-order valence-electron chi connectivity index (χ0n) is 14.8. The summed E-state index contributed by atoms with van der Waals surface area (Å²) in [6.45, 7) is 1.94. The second kappa shape index (κ2) is 8.47. The van der Waals surface area contributed by atoms with Crippen LogP contribution in [0.2, 0.25) is 0 Å². The van der Waals surface area contributed by atoms with Crippen LogP contribution >= 0.6 is 0 Å². The van der Waals surface area contributed by atoms with Gasteiger partial charge in [-0.15, -0.1) is 0 Å². The topological polar surface area (TPSA) is 61.4 Å². The first-order valence-electron chi connectivity index (χ1n) is 9.27. The van der Waals surface area contributed by atoms with Gasteiger partial charge in [0, 0.05) is 37.3 Å². The summed E-state index contributed by atoms with van der Waals surface area (Å²) in [5.41, 5.74) is 0.654. The fourth-order valence-corrected chi connectivity index (χ4v) is 3.74. The second-order valence-corrected chi connectivity index (χ2v) is 7.20. The second-order valence-electron chi connectivity index (χ2n) is 7.20. The van der Waals surface area contributed by atoms with Crippen molar-refractivity contribution in [1.82, 2.24) is 10.6 Å². The van der Waals surface area contributed by atoms with Gasteiger partial charge in [-0.3, -0.25) is 9.59 Å². The number of hydrogen-bond acceptors (Lipinski definition) is 3. The lowest BCUT2D eigenvalue weighted by molar-refractivity contribution is -0.128. The number of rotatable bonds is 6. The maximum atomic E-state index is 13.4. The molecule has 142 valence electrons. The van der Waals surface area contributed by atoms with Crippen molar-refractivity contribution in [2.45, 2.75) is 32.1 Å². The van der Waals surface area contributed by atoms with Crippen LogP contribution in [0.25, 0.3) is 0 Å². The lowest BCUT2D eigenvalue weighted by Gasteiger charge is -2.19. The van der Waals surface area contributed by atoms with Crippen LogP contribution in [-0.4, -0.2) is 38.0 Å². The summed E-state index contributed by atoms with van der Waals surface area (Å²) in [5, 5.41) is 5.56. The van der Waals surface area contributed by atoms with Crippen LogP contribution in [-0.2, 0) is 9.59 Å². The molecule has 26 heavy (non-hydrogen) atoms. The van der Waals surface area contributed by atoms with Crippen molar-refractivity contribution < 1.29 is 18.4 Å². The van der Waals surface area contributed by atoms with Crippen LogP contribution in [0.3, 0.4) is 0 Å². The molecule has 1 aromatic carbocycles. The Bertz CT molecular complexity index is 662. The number of benzene rings is 1. The number of nitrogens with one attached hydrogen (secondary N) is 2. The molecule has 1 atom stereocenters. The molecule has 2 aliphatic rings. The van der Waals surface area contributed by atoms with E-state index in [2.05, 4.69) is 10.6 Å². The number of hydrogen-bond donors (Lipinski definition) is 2. The van der Waals surface area contributed by atoms with Gasteiger partial charge in [0.2, 0.25) is 11.8 Å². The lowest BCUT2D eigenvalue weighted by atomic mass is 10.1. The van der Waals surface area contributed by atoms with E-state index in [4.69, 9.17) is 0 Å². The van der Waals surface area contributed by atoms with Crippen LogP contribution in [0.15, 0.2) is 18.2 Å². The maximum absolute atomic E-state index is 13.4. The normalized spacial score (nSPS) is 20.4. The van der Waals surface area contributed by atoms with E-state index in [1.54, 1.807) is 6.07 Å². The van der Waals surface area contributed by atoms with Gasteiger partial charge in [0.25, 0.3) is 0 Å². The monoisotopic (exact) mass is 365 g/mol. The van der Waals surface area contributed by atoms with E-state index >= 15 is 0 Å². The van der Waals surface area contributed by atoms with Gasteiger partial charge in [-0.2, -0.15) is 0 Å². The lowest BCUT2D eigenvalue weighted by Crippen LogP contribution is -2.40. The van der Waals surface area contributed by atoms with Crippen molar-refractivity contribution in [3.05, 3.63) is 29.8 Å². The third kappa shape index (κ3) is 4.71. The number of anilines is 1. The summed E-state index contributed by atoms with van der Waals surface area (Å²) in [6.07, 6.45) is 4.86. The number of nitrogens with zero attached hydrogens (tertiary/aromatic N) is 1. The zero-order chi connectivity index (χ0) is 18.5. The maximum Gasteiger partial charge on any atom is 0.239 e. The minimum atomic E-state index is -0.851. The Morgan fingerprint density at radius 3 is 2.58 bits per heavy atom. The van der Waals surface area contributed by atoms with Crippen LogP contribution < -0.4 is 15.5 Å². The highest BCUT2D eigenvalue weighted by molar-refractivity contribution is 5.85. The molecule has 0 unspecified atom stereocenters. The van der Waals surface area contributed by atoms with Crippen molar-refractivity contribution in [3.63, 3.8) is 0 Å². The quantitative estimate of drug-likeness (QED) is 0.813. The average molecular weight is 365 g/mol. The van der Waals surface area contributed by atoms with Gasteiger partial charge in [0.1, 0.15) is 0 Å². The Morgan fingerprint density at radius 2 is 1.85 bits per heavy atom. The smallest absolute Gasteiger partial charge is 0.239 e. The van der Waals surface area contributed by atoms with Gasteiger partial charge in [-0.25, -0.2) is 8.78 Å². The molecular weight excluding hydrogens is 340 g/mol. The molecule has 0 bridgehead atoms. The molecule has 2 fully saturated rings. The van der Waals surface area contributed by atoms with Gasteiger partial charge in [-0.1, -0.05) is 12.8 Å². The van der Waals surface area contributed by atoms with E-state index < -0.39 is 11.6 Å². The number of carbonyl (C=O) groups excluding carboxylic acids is 2. The largest absolute Gasteiger partial charge is 0.371 e. The predicted octanol–water partition coefficient (Wildman–Crippen LogP) is 2.21. The Kier molecular flexibility index (Phi) is 6.06. The first-order chi connectivity index (χ1) is 12.5. The summed E-state index contributed by atoms with van der Waals surface area (Å²) >= 11 is 0. The summed E-state index contributed by atoms with van der Waals surface area (Å²) < 4.78 is 26.4. The first-order valence-corrected chi connectivity index (χ1v) is 9.27. The molecule has 1 saturated heterocycles. The molecule has 1 aliphatic heterocycles. The number of carbonyl (C=O) groups is 2. The molecule has 0 aromatic heterocycles. The Hall–Kier alpha value is -2.18. The van der Waals surface area contributed by atoms with Gasteiger partial charge in [0.05, 0.1) is 6.54 Å². The minimum absolute atomic E-state index is 0.00887. The third-order valence-electron chi connectivity index (χ3n) is 5.29. The molecule has 3 rings (SSSR count). The molecule has 1 aromatic rings. The van der Waals surface area contributed by atoms with Gasteiger partial charge >= 0.3 is 0 Å².